The van der Waals surface area contributed by atoms with Crippen molar-refractivity contribution in [3.63, 3.8) is 0 Å². The Labute approximate surface area is 176 Å². The Morgan fingerprint density at radius 1 is 1.24 bits per heavy atom. The Hall–Kier alpha value is -2.44. The number of benzene rings is 1. The summed E-state index contributed by atoms with van der Waals surface area (Å²) in [7, 11) is 1.49. The molecule has 1 aromatic heterocycles. The number of halogens is 1. The summed E-state index contributed by atoms with van der Waals surface area (Å²) < 4.78 is 5.41. The van der Waals surface area contributed by atoms with Crippen LogP contribution in [0, 0.1) is 0 Å². The first kappa shape index (κ1) is 22.8. The molecule has 6 nitrogen and oxygen atoms in total. The van der Waals surface area contributed by atoms with Crippen molar-refractivity contribution < 1.29 is 19.4 Å². The normalized spacial score (nSPS) is 12.4. The van der Waals surface area contributed by atoms with Crippen LogP contribution in [0.4, 0.5) is 0 Å². The molecule has 29 heavy (non-hydrogen) atoms. The number of methoxy groups -OCH3 is 1. The minimum absolute atomic E-state index is 0.0736. The van der Waals surface area contributed by atoms with Crippen molar-refractivity contribution in [2.75, 3.05) is 7.11 Å². The van der Waals surface area contributed by atoms with Crippen LogP contribution < -0.4 is 10.1 Å². The molecular weight excluding hydrogens is 392 g/mol. The van der Waals surface area contributed by atoms with E-state index in [0.717, 1.165) is 0 Å². The third kappa shape index (κ3) is 6.54. The Morgan fingerprint density at radius 2 is 1.93 bits per heavy atom. The number of pyridine rings is 1. The number of aromatic nitrogens is 1. The van der Waals surface area contributed by atoms with Gasteiger partial charge in [-0.15, -0.1) is 0 Å². The Balaban J connectivity index is 2.18. The van der Waals surface area contributed by atoms with Gasteiger partial charge >= 0.3 is 0 Å². The number of ether oxygens (including phenoxy) is 1. The highest BCUT2D eigenvalue weighted by Crippen LogP contribution is 2.33. The molecule has 0 saturated carbocycles. The van der Waals surface area contributed by atoms with Gasteiger partial charge in [-0.05, 0) is 57.5 Å². The Bertz CT molecular complexity index is 904. The minimum atomic E-state index is -0.776. The summed E-state index contributed by atoms with van der Waals surface area (Å²) in [6.07, 6.45) is 0.973. The number of amides is 1. The molecule has 2 N–H and O–H groups in total. The highest BCUT2D eigenvalue weighted by atomic mass is 35.5. The van der Waals surface area contributed by atoms with Gasteiger partial charge in [0.25, 0.3) is 5.91 Å². The highest BCUT2D eigenvalue weighted by Gasteiger charge is 2.19. The second-order valence-corrected chi connectivity index (χ2v) is 8.45. The van der Waals surface area contributed by atoms with Crippen LogP contribution in [0.15, 0.2) is 30.5 Å². The van der Waals surface area contributed by atoms with Gasteiger partial charge in [-0.3, -0.25) is 14.6 Å². The summed E-state index contributed by atoms with van der Waals surface area (Å²) in [5.41, 5.74) is 1.73. The fraction of sp³-hybridized carbons (Fsp3) is 0.409. The second kappa shape index (κ2) is 9.37. The number of hydrogen-bond donors (Lipinski definition) is 2. The average Bonchev–Trinajstić information content (AvgIpc) is 2.59. The van der Waals surface area contributed by atoms with Crippen molar-refractivity contribution >= 4 is 23.3 Å². The molecule has 1 atom stereocenters. The molecule has 2 aromatic rings. The second-order valence-electron chi connectivity index (χ2n) is 8.01. The van der Waals surface area contributed by atoms with Gasteiger partial charge in [-0.1, -0.05) is 11.6 Å². The quantitative estimate of drug-likeness (QED) is 0.716. The summed E-state index contributed by atoms with van der Waals surface area (Å²) in [5, 5.41) is 13.2. The number of carbonyl (C=O) groups is 2. The van der Waals surface area contributed by atoms with Gasteiger partial charge in [0.1, 0.15) is 17.2 Å². The molecule has 156 valence electrons. The lowest BCUT2D eigenvalue weighted by molar-refractivity contribution is -0.117. The van der Waals surface area contributed by atoms with Crippen LogP contribution in [0.1, 0.15) is 61.0 Å². The number of Topliss-reactive ketones (excluding diaryl/α,β-unsaturated/α-hetero) is 1. The van der Waals surface area contributed by atoms with Crippen LogP contribution >= 0.6 is 11.6 Å². The van der Waals surface area contributed by atoms with Gasteiger partial charge in [0.2, 0.25) is 0 Å². The predicted molar refractivity (Wildman–Crippen MR) is 113 cm³/mol. The van der Waals surface area contributed by atoms with Gasteiger partial charge in [0, 0.05) is 40.7 Å². The van der Waals surface area contributed by atoms with Crippen molar-refractivity contribution in [1.29, 1.82) is 0 Å². The first-order valence-corrected chi connectivity index (χ1v) is 9.71. The number of nitrogens with zero attached hydrogens (tertiary/aromatic N) is 1. The first-order chi connectivity index (χ1) is 13.5. The number of carbonyl (C=O) groups excluding carboxylic acids is 2. The van der Waals surface area contributed by atoms with E-state index in [1.807, 2.05) is 20.8 Å². The van der Waals surface area contributed by atoms with E-state index in [4.69, 9.17) is 16.3 Å². The van der Waals surface area contributed by atoms with Crippen molar-refractivity contribution in [2.45, 2.75) is 52.2 Å². The molecule has 0 radical (unpaired) electrons. The summed E-state index contributed by atoms with van der Waals surface area (Å²) in [6.45, 7) is 7.27. The third-order valence-corrected chi connectivity index (χ3v) is 4.37. The van der Waals surface area contributed by atoms with Gasteiger partial charge in [0.05, 0.1) is 13.2 Å². The summed E-state index contributed by atoms with van der Waals surface area (Å²) >= 11 is 6.14. The first-order valence-electron chi connectivity index (χ1n) is 9.33. The molecule has 2 rings (SSSR count). The zero-order valence-electron chi connectivity index (χ0n) is 17.4. The number of aliphatic hydroxyl groups excluding tert-OH is 1. The maximum atomic E-state index is 12.7. The van der Waals surface area contributed by atoms with Gasteiger partial charge in [-0.25, -0.2) is 0 Å². The Kier molecular flexibility index (Phi) is 7.38. The lowest BCUT2D eigenvalue weighted by atomic mass is 9.98. The van der Waals surface area contributed by atoms with Gasteiger partial charge in [-0.2, -0.15) is 0 Å². The van der Waals surface area contributed by atoms with Crippen LogP contribution in [0.3, 0.4) is 0 Å². The molecule has 0 spiro atoms. The van der Waals surface area contributed by atoms with Gasteiger partial charge < -0.3 is 15.2 Å². The molecule has 0 aliphatic rings. The third-order valence-electron chi connectivity index (χ3n) is 4.15. The molecule has 1 unspecified atom stereocenters. The molecule has 1 amide bonds. The number of aliphatic hydroxyl groups is 1. The summed E-state index contributed by atoms with van der Waals surface area (Å²) in [4.78, 5) is 29.1. The zero-order chi connectivity index (χ0) is 21.8. The Morgan fingerprint density at radius 3 is 2.52 bits per heavy atom. The summed E-state index contributed by atoms with van der Waals surface area (Å²) in [6, 6.07) is 6.62. The molecule has 0 fully saturated rings. The van der Waals surface area contributed by atoms with E-state index in [9.17, 15) is 14.7 Å². The maximum Gasteiger partial charge on any atom is 0.270 e. The van der Waals surface area contributed by atoms with E-state index in [-0.39, 0.29) is 35.8 Å². The number of rotatable bonds is 7. The van der Waals surface area contributed by atoms with Crippen molar-refractivity contribution in [3.8, 4) is 5.75 Å². The fourth-order valence-electron chi connectivity index (χ4n) is 2.98. The number of ketones is 1. The zero-order valence-corrected chi connectivity index (χ0v) is 18.1. The standard InChI is InChI=1S/C22H27ClN2O4/c1-13(26)18-12-16(23)10-15(20(18)29-5)11-17(27)8-14-6-7-24-19(9-14)21(28)25-22(2,3)4/h6-7,9-10,12-13,26H,8,11H2,1-5H3,(H,25,28). The molecule has 1 heterocycles. The average molecular weight is 419 g/mol. The van der Waals surface area contributed by atoms with E-state index in [1.165, 1.54) is 13.3 Å². The molecule has 7 heteroatoms. The van der Waals surface area contributed by atoms with E-state index in [0.29, 0.717) is 27.5 Å². The molecule has 1 aromatic carbocycles. The predicted octanol–water partition coefficient (Wildman–Crippen LogP) is 3.68. The van der Waals surface area contributed by atoms with Crippen LogP contribution in [-0.4, -0.2) is 34.4 Å². The van der Waals surface area contributed by atoms with Crippen LogP contribution in [0.5, 0.6) is 5.75 Å². The van der Waals surface area contributed by atoms with E-state index < -0.39 is 6.10 Å². The molecule has 0 bridgehead atoms. The highest BCUT2D eigenvalue weighted by molar-refractivity contribution is 6.30. The van der Waals surface area contributed by atoms with E-state index in [2.05, 4.69) is 10.3 Å². The lowest BCUT2D eigenvalue weighted by Gasteiger charge is -2.20. The largest absolute Gasteiger partial charge is 0.496 e. The molecule has 0 aliphatic heterocycles. The molecular formula is C22H27ClN2O4. The van der Waals surface area contributed by atoms with Crippen molar-refractivity contribution in [3.05, 3.63) is 57.9 Å². The smallest absolute Gasteiger partial charge is 0.270 e. The minimum Gasteiger partial charge on any atom is -0.496 e. The number of hydrogen-bond acceptors (Lipinski definition) is 5. The van der Waals surface area contributed by atoms with Crippen LogP contribution in [-0.2, 0) is 17.6 Å². The SMILES string of the molecule is COc1c(CC(=O)Cc2ccnc(C(=O)NC(C)(C)C)c2)cc(Cl)cc1C(C)O. The van der Waals surface area contributed by atoms with Crippen LogP contribution in [0.25, 0.3) is 0 Å². The van der Waals surface area contributed by atoms with E-state index >= 15 is 0 Å². The van der Waals surface area contributed by atoms with Gasteiger partial charge in [0.15, 0.2) is 0 Å². The lowest BCUT2D eigenvalue weighted by Crippen LogP contribution is -2.40. The topological polar surface area (TPSA) is 88.5 Å². The number of nitrogens with one attached hydrogen (secondary N) is 1. The van der Waals surface area contributed by atoms with Crippen LogP contribution in [0.2, 0.25) is 5.02 Å². The summed E-state index contributed by atoms with van der Waals surface area (Å²) in [5.74, 6) is 0.0955. The maximum absolute atomic E-state index is 12.7. The monoisotopic (exact) mass is 418 g/mol. The van der Waals surface area contributed by atoms with Crippen molar-refractivity contribution in [1.82, 2.24) is 10.3 Å². The molecule has 0 saturated heterocycles. The van der Waals surface area contributed by atoms with Crippen molar-refractivity contribution in [2.24, 2.45) is 0 Å². The molecule has 0 aliphatic carbocycles. The fourth-order valence-corrected chi connectivity index (χ4v) is 3.23. The van der Waals surface area contributed by atoms with E-state index in [1.54, 1.807) is 31.2 Å².